The second-order valence-electron chi connectivity index (χ2n) is 4.94. The molecule has 0 unspecified atom stereocenters. The lowest BCUT2D eigenvalue weighted by Crippen LogP contribution is -2.18. The zero-order chi connectivity index (χ0) is 11.0. The van der Waals surface area contributed by atoms with Gasteiger partial charge in [-0.15, -0.1) is 0 Å². The molecule has 0 bridgehead atoms. The van der Waals surface area contributed by atoms with E-state index in [9.17, 15) is 0 Å². The Bertz CT molecular complexity index is 377. The first-order valence-corrected chi connectivity index (χ1v) is 6.45. The van der Waals surface area contributed by atoms with Gasteiger partial charge < -0.3 is 10.6 Å². The summed E-state index contributed by atoms with van der Waals surface area (Å²) in [7, 11) is 2.00. The highest BCUT2D eigenvalue weighted by Gasteiger charge is 2.23. The van der Waals surface area contributed by atoms with Crippen molar-refractivity contribution in [1.29, 1.82) is 0 Å². The van der Waals surface area contributed by atoms with Gasteiger partial charge in [0.15, 0.2) is 0 Å². The minimum Gasteiger partial charge on any atom is -0.372 e. The van der Waals surface area contributed by atoms with Crippen molar-refractivity contribution >= 4 is 5.69 Å². The van der Waals surface area contributed by atoms with E-state index in [2.05, 4.69) is 16.7 Å². The molecule has 0 fully saturated rings. The smallest absolute Gasteiger partial charge is 0.0650 e. The number of aryl methyl sites for hydroxylation is 2. The quantitative estimate of drug-likeness (QED) is 0.757. The van der Waals surface area contributed by atoms with E-state index in [1.165, 1.54) is 44.2 Å². The molecule has 0 saturated carbocycles. The first-order valence-electron chi connectivity index (χ1n) is 6.45. The molecule has 0 radical (unpaired) electrons. The van der Waals surface area contributed by atoms with Crippen molar-refractivity contribution < 1.29 is 0 Å². The summed E-state index contributed by atoms with van der Waals surface area (Å²) in [5.74, 6) is 0. The number of hydrogen-bond donors (Lipinski definition) is 2. The van der Waals surface area contributed by atoms with Gasteiger partial charge in [-0.2, -0.15) is 0 Å². The second-order valence-corrected chi connectivity index (χ2v) is 4.94. The molecule has 3 rings (SSSR count). The topological polar surface area (TPSA) is 24.1 Å². The van der Waals surface area contributed by atoms with Crippen LogP contribution in [0.15, 0.2) is 6.07 Å². The third kappa shape index (κ3) is 1.52. The number of fused-ring (bicyclic) bond motifs is 2. The van der Waals surface area contributed by atoms with Gasteiger partial charge in [0.1, 0.15) is 0 Å². The van der Waals surface area contributed by atoms with Crippen LogP contribution in [0.5, 0.6) is 0 Å². The Kier molecular flexibility index (Phi) is 2.60. The molecule has 2 N–H and O–H groups in total. The van der Waals surface area contributed by atoms with Crippen molar-refractivity contribution in [1.82, 2.24) is 5.32 Å². The molecule has 0 spiro atoms. The third-order valence-electron chi connectivity index (χ3n) is 3.91. The van der Waals surface area contributed by atoms with Crippen LogP contribution in [0.25, 0.3) is 0 Å². The Morgan fingerprint density at radius 3 is 2.19 bits per heavy atom. The zero-order valence-electron chi connectivity index (χ0n) is 10.0. The molecule has 2 aliphatic rings. The minimum absolute atomic E-state index is 0.878. The lowest BCUT2D eigenvalue weighted by atomic mass is 9.99. The monoisotopic (exact) mass is 216 g/mol. The molecule has 0 atom stereocenters. The molecule has 86 valence electrons. The van der Waals surface area contributed by atoms with Crippen molar-refractivity contribution in [3.8, 4) is 0 Å². The highest BCUT2D eigenvalue weighted by atomic mass is 15.0. The standard InChI is InChI=1S/C14H20N2/c1-15-9-16-14-12-6-2-4-10(12)8-11-5-3-7-13(11)14/h8,15-16H,2-7,9H2,1H3. The van der Waals surface area contributed by atoms with Crippen LogP contribution in [0.3, 0.4) is 0 Å². The molecule has 0 saturated heterocycles. The lowest BCUT2D eigenvalue weighted by molar-refractivity contribution is 0.863. The number of anilines is 1. The Hall–Kier alpha value is -1.02. The van der Waals surface area contributed by atoms with Crippen molar-refractivity contribution in [3.05, 3.63) is 28.3 Å². The molecule has 2 aliphatic carbocycles. The molecule has 2 nitrogen and oxygen atoms in total. The molecule has 0 amide bonds. The molecule has 1 aromatic carbocycles. The van der Waals surface area contributed by atoms with Crippen LogP contribution in [0.4, 0.5) is 5.69 Å². The van der Waals surface area contributed by atoms with E-state index in [0.717, 1.165) is 6.67 Å². The van der Waals surface area contributed by atoms with Crippen LogP contribution in [0, 0.1) is 0 Å². The second kappa shape index (κ2) is 4.10. The van der Waals surface area contributed by atoms with Gasteiger partial charge in [0.25, 0.3) is 0 Å². The fraction of sp³-hybridized carbons (Fsp3) is 0.571. The van der Waals surface area contributed by atoms with E-state index in [4.69, 9.17) is 0 Å². The summed E-state index contributed by atoms with van der Waals surface area (Å²) in [6.45, 7) is 0.878. The Balaban J connectivity index is 2.05. The average molecular weight is 216 g/mol. The summed E-state index contributed by atoms with van der Waals surface area (Å²) in [6.07, 6.45) is 7.80. The molecule has 16 heavy (non-hydrogen) atoms. The maximum absolute atomic E-state index is 3.58. The van der Waals surface area contributed by atoms with Gasteiger partial charge in [-0.1, -0.05) is 6.07 Å². The summed E-state index contributed by atoms with van der Waals surface area (Å²) < 4.78 is 0. The molecule has 2 heteroatoms. The highest BCUT2D eigenvalue weighted by Crippen LogP contribution is 2.38. The maximum atomic E-state index is 3.58. The van der Waals surface area contributed by atoms with Gasteiger partial charge in [0, 0.05) is 5.69 Å². The Morgan fingerprint density at radius 1 is 1.00 bits per heavy atom. The van der Waals surface area contributed by atoms with Gasteiger partial charge in [0.05, 0.1) is 6.67 Å². The summed E-state index contributed by atoms with van der Waals surface area (Å²) in [4.78, 5) is 0. The van der Waals surface area contributed by atoms with Crippen LogP contribution >= 0.6 is 0 Å². The maximum Gasteiger partial charge on any atom is 0.0650 e. The third-order valence-corrected chi connectivity index (χ3v) is 3.91. The van der Waals surface area contributed by atoms with Gasteiger partial charge >= 0.3 is 0 Å². The van der Waals surface area contributed by atoms with Gasteiger partial charge in [-0.25, -0.2) is 0 Å². The molecular formula is C14H20N2. The summed E-state index contributed by atoms with van der Waals surface area (Å²) in [5.41, 5.74) is 7.90. The van der Waals surface area contributed by atoms with Gasteiger partial charge in [0.2, 0.25) is 0 Å². The van der Waals surface area contributed by atoms with Crippen LogP contribution in [0.1, 0.15) is 35.1 Å². The number of rotatable bonds is 3. The fourth-order valence-electron chi connectivity index (χ4n) is 3.21. The van der Waals surface area contributed by atoms with Crippen molar-refractivity contribution in [2.75, 3.05) is 19.0 Å². The molecule has 0 aliphatic heterocycles. The van der Waals surface area contributed by atoms with Crippen molar-refractivity contribution in [3.63, 3.8) is 0 Å². The lowest BCUT2D eigenvalue weighted by Gasteiger charge is -2.16. The number of hydrogen-bond acceptors (Lipinski definition) is 2. The highest BCUT2D eigenvalue weighted by molar-refractivity contribution is 5.65. The molecule has 0 heterocycles. The van der Waals surface area contributed by atoms with E-state index in [-0.39, 0.29) is 0 Å². The Labute approximate surface area is 97.4 Å². The van der Waals surface area contributed by atoms with Gasteiger partial charge in [-0.05, 0) is 67.8 Å². The molecule has 1 aromatic rings. The van der Waals surface area contributed by atoms with Crippen molar-refractivity contribution in [2.24, 2.45) is 0 Å². The average Bonchev–Trinajstić information content (AvgIpc) is 2.91. The summed E-state index contributed by atoms with van der Waals surface area (Å²) in [5, 5.41) is 6.77. The summed E-state index contributed by atoms with van der Waals surface area (Å²) >= 11 is 0. The summed E-state index contributed by atoms with van der Waals surface area (Å²) in [6, 6.07) is 2.48. The predicted octanol–water partition coefficient (Wildman–Crippen LogP) is 2.25. The van der Waals surface area contributed by atoms with E-state index < -0.39 is 0 Å². The van der Waals surface area contributed by atoms with Crippen LogP contribution < -0.4 is 10.6 Å². The largest absolute Gasteiger partial charge is 0.372 e. The van der Waals surface area contributed by atoms with E-state index in [1.54, 1.807) is 22.3 Å². The van der Waals surface area contributed by atoms with Crippen LogP contribution in [0.2, 0.25) is 0 Å². The minimum atomic E-state index is 0.878. The molecular weight excluding hydrogens is 196 g/mol. The van der Waals surface area contributed by atoms with E-state index in [1.807, 2.05) is 7.05 Å². The predicted molar refractivity (Wildman–Crippen MR) is 68.0 cm³/mol. The van der Waals surface area contributed by atoms with E-state index >= 15 is 0 Å². The fourth-order valence-corrected chi connectivity index (χ4v) is 3.21. The van der Waals surface area contributed by atoms with Crippen LogP contribution in [-0.4, -0.2) is 13.7 Å². The van der Waals surface area contributed by atoms with Gasteiger partial charge in [-0.3, -0.25) is 0 Å². The van der Waals surface area contributed by atoms with E-state index in [0.29, 0.717) is 0 Å². The SMILES string of the molecule is CNCNc1c2c(cc3c1CCC3)CCC2. The molecule has 0 aromatic heterocycles. The number of nitrogens with one attached hydrogen (secondary N) is 2. The zero-order valence-corrected chi connectivity index (χ0v) is 10.0. The normalized spacial score (nSPS) is 17.3. The first-order chi connectivity index (χ1) is 7.90. The first kappa shape index (κ1) is 10.2. The van der Waals surface area contributed by atoms with Crippen LogP contribution in [-0.2, 0) is 25.7 Å². The number of benzene rings is 1. The Morgan fingerprint density at radius 2 is 1.62 bits per heavy atom. The van der Waals surface area contributed by atoms with Crippen molar-refractivity contribution in [2.45, 2.75) is 38.5 Å².